The number of benzene rings is 2. The van der Waals surface area contributed by atoms with E-state index in [2.05, 4.69) is 37.4 Å². The molecule has 0 aliphatic rings. The van der Waals surface area contributed by atoms with Crippen molar-refractivity contribution in [2.24, 2.45) is 0 Å². The summed E-state index contributed by atoms with van der Waals surface area (Å²) >= 11 is 5.72. The standard InChI is InChI=1S/C17H19ClFN/c1-11-4-6-14(12(2)8-11)17(20-3)10-13-5-7-15(18)16(19)9-13/h4-9,17,20H,10H2,1-3H3. The van der Waals surface area contributed by atoms with Crippen LogP contribution in [0.2, 0.25) is 5.02 Å². The number of halogens is 2. The molecule has 1 unspecified atom stereocenters. The van der Waals surface area contributed by atoms with Crippen LogP contribution in [0.3, 0.4) is 0 Å². The summed E-state index contributed by atoms with van der Waals surface area (Å²) in [7, 11) is 1.93. The van der Waals surface area contributed by atoms with Crippen molar-refractivity contribution in [2.75, 3.05) is 7.05 Å². The van der Waals surface area contributed by atoms with Crippen LogP contribution < -0.4 is 5.32 Å². The van der Waals surface area contributed by atoms with Crippen molar-refractivity contribution < 1.29 is 4.39 Å². The lowest BCUT2D eigenvalue weighted by Gasteiger charge is -2.19. The minimum atomic E-state index is -0.361. The van der Waals surface area contributed by atoms with Crippen LogP contribution in [0, 0.1) is 19.7 Å². The Labute approximate surface area is 124 Å². The third-order valence-electron chi connectivity index (χ3n) is 3.57. The number of aryl methyl sites for hydroxylation is 2. The minimum Gasteiger partial charge on any atom is -0.313 e. The van der Waals surface area contributed by atoms with Crippen molar-refractivity contribution in [1.29, 1.82) is 0 Å². The molecule has 2 aromatic rings. The predicted octanol–water partition coefficient (Wildman–Crippen LogP) is 4.60. The highest BCUT2D eigenvalue weighted by atomic mass is 35.5. The summed E-state index contributed by atoms with van der Waals surface area (Å²) in [5.74, 6) is -0.361. The summed E-state index contributed by atoms with van der Waals surface area (Å²) in [5, 5.41) is 3.47. The Morgan fingerprint density at radius 3 is 2.50 bits per heavy atom. The van der Waals surface area contributed by atoms with Gasteiger partial charge in [-0.3, -0.25) is 0 Å². The fourth-order valence-electron chi connectivity index (χ4n) is 2.49. The van der Waals surface area contributed by atoms with E-state index in [1.165, 1.54) is 22.8 Å². The van der Waals surface area contributed by atoms with E-state index in [1.54, 1.807) is 6.07 Å². The molecule has 0 amide bonds. The quantitative estimate of drug-likeness (QED) is 0.868. The molecule has 0 saturated carbocycles. The van der Waals surface area contributed by atoms with Crippen molar-refractivity contribution in [2.45, 2.75) is 26.3 Å². The van der Waals surface area contributed by atoms with Gasteiger partial charge in [-0.25, -0.2) is 4.39 Å². The van der Waals surface area contributed by atoms with E-state index >= 15 is 0 Å². The van der Waals surface area contributed by atoms with Crippen molar-refractivity contribution >= 4 is 11.6 Å². The summed E-state index contributed by atoms with van der Waals surface area (Å²) in [6, 6.07) is 11.6. The molecule has 0 saturated heterocycles. The summed E-state index contributed by atoms with van der Waals surface area (Å²) < 4.78 is 13.5. The molecule has 3 heteroatoms. The summed E-state index contributed by atoms with van der Waals surface area (Å²) in [4.78, 5) is 0. The highest BCUT2D eigenvalue weighted by molar-refractivity contribution is 6.30. The predicted molar refractivity (Wildman–Crippen MR) is 82.8 cm³/mol. The highest BCUT2D eigenvalue weighted by Gasteiger charge is 2.13. The second-order valence-electron chi connectivity index (χ2n) is 5.15. The molecule has 2 rings (SSSR count). The Morgan fingerprint density at radius 1 is 1.15 bits per heavy atom. The van der Waals surface area contributed by atoms with Crippen LogP contribution in [-0.2, 0) is 6.42 Å². The topological polar surface area (TPSA) is 12.0 Å². The molecule has 0 fully saturated rings. The minimum absolute atomic E-state index is 0.163. The summed E-state index contributed by atoms with van der Waals surface area (Å²) in [6.45, 7) is 4.19. The van der Waals surface area contributed by atoms with Gasteiger partial charge in [-0.1, -0.05) is 41.4 Å². The Hall–Kier alpha value is -1.38. The first-order valence-corrected chi connectivity index (χ1v) is 7.07. The first kappa shape index (κ1) is 15.0. The molecule has 106 valence electrons. The molecule has 1 nitrogen and oxygen atoms in total. The Bertz CT molecular complexity index is 610. The molecule has 1 N–H and O–H groups in total. The van der Waals surface area contributed by atoms with Crippen molar-refractivity contribution in [3.63, 3.8) is 0 Å². The number of nitrogens with one attached hydrogen (secondary N) is 1. The van der Waals surface area contributed by atoms with Crippen molar-refractivity contribution in [3.05, 3.63) is 69.5 Å². The third kappa shape index (κ3) is 3.38. The van der Waals surface area contributed by atoms with Gasteiger partial charge in [0.2, 0.25) is 0 Å². The molecule has 0 spiro atoms. The van der Waals surface area contributed by atoms with E-state index in [4.69, 9.17) is 11.6 Å². The van der Waals surface area contributed by atoms with Crippen LogP contribution >= 0.6 is 11.6 Å². The number of hydrogen-bond acceptors (Lipinski definition) is 1. The zero-order valence-electron chi connectivity index (χ0n) is 12.0. The average molecular weight is 292 g/mol. The van der Waals surface area contributed by atoms with E-state index in [-0.39, 0.29) is 16.9 Å². The largest absolute Gasteiger partial charge is 0.313 e. The molecule has 0 aliphatic heterocycles. The van der Waals surface area contributed by atoms with Crippen LogP contribution in [0.1, 0.15) is 28.3 Å². The average Bonchev–Trinajstić information content (AvgIpc) is 2.41. The lowest BCUT2D eigenvalue weighted by atomic mass is 9.94. The number of likely N-dealkylation sites (N-methyl/N-ethyl adjacent to an activating group) is 1. The van der Waals surface area contributed by atoms with Gasteiger partial charge in [-0.05, 0) is 56.1 Å². The number of hydrogen-bond donors (Lipinski definition) is 1. The van der Waals surface area contributed by atoms with Gasteiger partial charge in [0.05, 0.1) is 5.02 Å². The van der Waals surface area contributed by atoms with E-state index in [1.807, 2.05) is 13.1 Å². The Morgan fingerprint density at radius 2 is 1.90 bits per heavy atom. The van der Waals surface area contributed by atoms with Gasteiger partial charge in [-0.15, -0.1) is 0 Å². The van der Waals surface area contributed by atoms with Crippen LogP contribution in [0.15, 0.2) is 36.4 Å². The van der Waals surface area contributed by atoms with Gasteiger partial charge in [0.25, 0.3) is 0 Å². The normalized spacial score (nSPS) is 12.4. The Kier molecular flexibility index (Phi) is 4.79. The lowest BCUT2D eigenvalue weighted by Crippen LogP contribution is -2.20. The summed E-state index contributed by atoms with van der Waals surface area (Å²) in [6.07, 6.45) is 0.731. The molecule has 0 aromatic heterocycles. The van der Waals surface area contributed by atoms with Crippen LogP contribution in [0.25, 0.3) is 0 Å². The second kappa shape index (κ2) is 6.38. The third-order valence-corrected chi connectivity index (χ3v) is 3.88. The molecule has 20 heavy (non-hydrogen) atoms. The molecular weight excluding hydrogens is 273 g/mol. The maximum Gasteiger partial charge on any atom is 0.142 e. The van der Waals surface area contributed by atoms with Crippen LogP contribution in [-0.4, -0.2) is 7.05 Å². The van der Waals surface area contributed by atoms with Gasteiger partial charge in [0, 0.05) is 6.04 Å². The highest BCUT2D eigenvalue weighted by Crippen LogP contribution is 2.24. The SMILES string of the molecule is CNC(Cc1ccc(Cl)c(F)c1)c1ccc(C)cc1C. The molecule has 2 aromatic carbocycles. The van der Waals surface area contributed by atoms with Gasteiger partial charge in [-0.2, -0.15) is 0 Å². The van der Waals surface area contributed by atoms with E-state index < -0.39 is 0 Å². The lowest BCUT2D eigenvalue weighted by molar-refractivity contribution is 0.581. The van der Waals surface area contributed by atoms with Gasteiger partial charge < -0.3 is 5.32 Å². The monoisotopic (exact) mass is 291 g/mol. The molecule has 0 radical (unpaired) electrons. The molecule has 0 heterocycles. The molecule has 1 atom stereocenters. The maximum absolute atomic E-state index is 13.5. The summed E-state index contributed by atoms with van der Waals surface area (Å²) in [5.41, 5.74) is 4.68. The fourth-order valence-corrected chi connectivity index (χ4v) is 2.60. The zero-order valence-corrected chi connectivity index (χ0v) is 12.8. The molecular formula is C17H19ClFN. The Balaban J connectivity index is 2.26. The smallest absolute Gasteiger partial charge is 0.142 e. The zero-order chi connectivity index (χ0) is 14.7. The van der Waals surface area contributed by atoms with E-state index in [0.29, 0.717) is 0 Å². The molecule has 0 bridgehead atoms. The van der Waals surface area contributed by atoms with Crippen LogP contribution in [0.5, 0.6) is 0 Å². The van der Waals surface area contributed by atoms with Crippen LogP contribution in [0.4, 0.5) is 4.39 Å². The molecule has 0 aliphatic carbocycles. The van der Waals surface area contributed by atoms with Gasteiger partial charge >= 0.3 is 0 Å². The fraction of sp³-hybridized carbons (Fsp3) is 0.294. The van der Waals surface area contributed by atoms with Gasteiger partial charge in [0.1, 0.15) is 5.82 Å². The van der Waals surface area contributed by atoms with Crippen molar-refractivity contribution in [1.82, 2.24) is 5.32 Å². The maximum atomic E-state index is 13.5. The first-order chi connectivity index (χ1) is 9.51. The number of rotatable bonds is 4. The van der Waals surface area contributed by atoms with E-state index in [9.17, 15) is 4.39 Å². The first-order valence-electron chi connectivity index (χ1n) is 6.69. The second-order valence-corrected chi connectivity index (χ2v) is 5.56. The van der Waals surface area contributed by atoms with Gasteiger partial charge in [0.15, 0.2) is 0 Å². The van der Waals surface area contributed by atoms with E-state index in [0.717, 1.165) is 12.0 Å². The van der Waals surface area contributed by atoms with Crippen molar-refractivity contribution in [3.8, 4) is 0 Å².